The lowest BCUT2D eigenvalue weighted by Gasteiger charge is -2.25. The number of aromatic nitrogens is 4. The van der Waals surface area contributed by atoms with E-state index in [-0.39, 0.29) is 12.5 Å². The lowest BCUT2D eigenvalue weighted by Crippen LogP contribution is -2.31. The molecule has 1 N–H and O–H groups in total. The molecular formula is C21H24ClN5O3S. The smallest absolute Gasteiger partial charge is 0.303 e. The summed E-state index contributed by atoms with van der Waals surface area (Å²) >= 11 is 7.81. The number of carbonyl (C=O) groups is 1. The molecule has 1 aromatic carbocycles. The van der Waals surface area contributed by atoms with Crippen molar-refractivity contribution in [3.05, 3.63) is 40.7 Å². The summed E-state index contributed by atoms with van der Waals surface area (Å²) in [7, 11) is 0. The van der Waals surface area contributed by atoms with Crippen LogP contribution in [0.5, 0.6) is 5.75 Å². The Labute approximate surface area is 189 Å². The zero-order valence-electron chi connectivity index (χ0n) is 17.4. The van der Waals surface area contributed by atoms with Gasteiger partial charge in [0.25, 0.3) is 0 Å². The lowest BCUT2D eigenvalue weighted by molar-refractivity contribution is -0.137. The Balaban J connectivity index is 1.46. The monoisotopic (exact) mass is 461 g/mol. The van der Waals surface area contributed by atoms with Crippen LogP contribution in [0.1, 0.15) is 37.9 Å². The number of halogens is 1. The van der Waals surface area contributed by atoms with Gasteiger partial charge in [0.15, 0.2) is 0 Å². The van der Waals surface area contributed by atoms with Gasteiger partial charge in [-0.1, -0.05) is 22.9 Å². The Kier molecular flexibility index (Phi) is 6.54. The van der Waals surface area contributed by atoms with Crippen molar-refractivity contribution in [2.45, 2.75) is 45.8 Å². The van der Waals surface area contributed by atoms with Crippen molar-refractivity contribution in [1.29, 1.82) is 0 Å². The van der Waals surface area contributed by atoms with Crippen LogP contribution in [0.15, 0.2) is 24.4 Å². The molecule has 0 spiro atoms. The molecule has 1 aliphatic rings. The van der Waals surface area contributed by atoms with Gasteiger partial charge in [-0.05, 0) is 45.0 Å². The van der Waals surface area contributed by atoms with Crippen LogP contribution in [-0.4, -0.2) is 55.1 Å². The lowest BCUT2D eigenvalue weighted by atomic mass is 10.1. The van der Waals surface area contributed by atoms with E-state index < -0.39 is 5.97 Å². The average molecular weight is 462 g/mol. The van der Waals surface area contributed by atoms with E-state index in [1.165, 1.54) is 11.3 Å². The Bertz CT molecular complexity index is 1080. The molecule has 0 aliphatic carbocycles. The van der Waals surface area contributed by atoms with Crippen molar-refractivity contribution in [2.75, 3.05) is 13.1 Å². The van der Waals surface area contributed by atoms with E-state index in [4.69, 9.17) is 26.5 Å². The largest absolute Gasteiger partial charge is 0.489 e. The van der Waals surface area contributed by atoms with Crippen LogP contribution in [0.3, 0.4) is 0 Å². The average Bonchev–Trinajstić information content (AvgIpc) is 3.35. The second kappa shape index (κ2) is 9.33. The molecule has 10 heteroatoms. The van der Waals surface area contributed by atoms with Gasteiger partial charge in [-0.2, -0.15) is 5.10 Å². The summed E-state index contributed by atoms with van der Waals surface area (Å²) < 4.78 is 7.47. The first-order valence-electron chi connectivity index (χ1n) is 10.2. The minimum Gasteiger partial charge on any atom is -0.489 e. The van der Waals surface area contributed by atoms with Crippen LogP contribution in [-0.2, 0) is 17.8 Å². The van der Waals surface area contributed by atoms with Crippen LogP contribution < -0.4 is 4.74 Å². The SMILES string of the molecule is CC(C)Oc1ccc(-c2nnc(-n3cc4c(n3)CCN(CCCC(=O)O)C4)s2)cc1Cl. The van der Waals surface area contributed by atoms with Gasteiger partial charge in [-0.3, -0.25) is 9.69 Å². The topological polar surface area (TPSA) is 93.4 Å². The summed E-state index contributed by atoms with van der Waals surface area (Å²) in [6.07, 6.45) is 3.74. The number of benzene rings is 1. The van der Waals surface area contributed by atoms with Gasteiger partial charge in [-0.25, -0.2) is 4.68 Å². The number of carboxylic acids is 1. The zero-order chi connectivity index (χ0) is 22.0. The molecule has 0 fully saturated rings. The first-order chi connectivity index (χ1) is 14.9. The predicted octanol–water partition coefficient (Wildman–Crippen LogP) is 4.05. The molecule has 1 aliphatic heterocycles. The number of aliphatic carboxylic acids is 1. The summed E-state index contributed by atoms with van der Waals surface area (Å²) in [5.74, 6) is -0.0983. The van der Waals surface area contributed by atoms with Gasteiger partial charge in [0, 0.05) is 43.3 Å². The summed E-state index contributed by atoms with van der Waals surface area (Å²) in [4.78, 5) is 13.0. The highest BCUT2D eigenvalue weighted by molar-refractivity contribution is 7.17. The van der Waals surface area contributed by atoms with Crippen molar-refractivity contribution < 1.29 is 14.6 Å². The van der Waals surface area contributed by atoms with E-state index in [1.54, 1.807) is 4.68 Å². The standard InChI is InChI=1S/C21H24ClN5O3S/c1-13(2)30-18-6-5-14(10-16(18)22)20-23-24-21(31-20)27-12-15-11-26(8-3-4-19(28)29)9-7-17(15)25-27/h5-6,10,12-13H,3-4,7-9,11H2,1-2H3,(H,28,29). The normalized spacial score (nSPS) is 14.1. The summed E-state index contributed by atoms with van der Waals surface area (Å²) in [6, 6.07) is 5.62. The second-order valence-electron chi connectivity index (χ2n) is 7.77. The maximum absolute atomic E-state index is 10.7. The number of ether oxygens (including phenoxy) is 1. The molecule has 3 heterocycles. The van der Waals surface area contributed by atoms with Gasteiger partial charge in [0.2, 0.25) is 5.13 Å². The maximum atomic E-state index is 10.7. The third kappa shape index (κ3) is 5.23. The molecular weight excluding hydrogens is 438 g/mol. The quantitative estimate of drug-likeness (QED) is 0.540. The van der Waals surface area contributed by atoms with E-state index in [0.717, 1.165) is 47.9 Å². The van der Waals surface area contributed by atoms with Gasteiger partial charge in [0.05, 0.1) is 16.8 Å². The highest BCUT2D eigenvalue weighted by atomic mass is 35.5. The van der Waals surface area contributed by atoms with Crippen LogP contribution in [0.4, 0.5) is 0 Å². The van der Waals surface area contributed by atoms with Crippen LogP contribution >= 0.6 is 22.9 Å². The van der Waals surface area contributed by atoms with E-state index in [2.05, 4.69) is 15.1 Å². The fourth-order valence-electron chi connectivity index (χ4n) is 3.52. The summed E-state index contributed by atoms with van der Waals surface area (Å²) in [5, 5.41) is 24.1. The first-order valence-corrected chi connectivity index (χ1v) is 11.4. The summed E-state index contributed by atoms with van der Waals surface area (Å²) in [6.45, 7) is 6.35. The molecule has 0 atom stereocenters. The number of rotatable bonds is 8. The Morgan fingerprint density at radius 1 is 1.35 bits per heavy atom. The van der Waals surface area contributed by atoms with Crippen molar-refractivity contribution in [3.63, 3.8) is 0 Å². The minimum absolute atomic E-state index is 0.0513. The second-order valence-corrected chi connectivity index (χ2v) is 9.13. The highest BCUT2D eigenvalue weighted by Crippen LogP contribution is 2.33. The van der Waals surface area contributed by atoms with Crippen molar-refractivity contribution >= 4 is 28.9 Å². The molecule has 0 radical (unpaired) electrons. The predicted molar refractivity (Wildman–Crippen MR) is 119 cm³/mol. The Hall–Kier alpha value is -2.49. The first kappa shape index (κ1) is 21.7. The molecule has 2 aromatic heterocycles. The molecule has 31 heavy (non-hydrogen) atoms. The van der Waals surface area contributed by atoms with E-state index in [9.17, 15) is 4.79 Å². The Morgan fingerprint density at radius 3 is 2.94 bits per heavy atom. The number of carboxylic acid groups (broad SMARTS) is 1. The van der Waals surface area contributed by atoms with Crippen LogP contribution in [0.25, 0.3) is 15.7 Å². The van der Waals surface area contributed by atoms with Gasteiger partial charge in [-0.15, -0.1) is 10.2 Å². The van der Waals surface area contributed by atoms with Crippen molar-refractivity contribution in [3.8, 4) is 21.5 Å². The van der Waals surface area contributed by atoms with E-state index >= 15 is 0 Å². The third-order valence-corrected chi connectivity index (χ3v) is 6.21. The Morgan fingerprint density at radius 2 is 2.19 bits per heavy atom. The van der Waals surface area contributed by atoms with E-state index in [1.807, 2.05) is 38.2 Å². The van der Waals surface area contributed by atoms with Crippen molar-refractivity contribution in [1.82, 2.24) is 24.9 Å². The number of hydrogen-bond acceptors (Lipinski definition) is 7. The zero-order valence-corrected chi connectivity index (χ0v) is 19.0. The number of nitrogens with zero attached hydrogens (tertiary/aromatic N) is 5. The minimum atomic E-state index is -0.749. The van der Waals surface area contributed by atoms with Crippen LogP contribution in [0, 0.1) is 0 Å². The summed E-state index contributed by atoms with van der Waals surface area (Å²) in [5.41, 5.74) is 3.09. The molecule has 3 aromatic rings. The molecule has 164 valence electrons. The number of fused-ring (bicyclic) bond motifs is 1. The van der Waals surface area contributed by atoms with Gasteiger partial charge in [0.1, 0.15) is 10.8 Å². The third-order valence-electron chi connectivity index (χ3n) is 4.95. The molecule has 0 saturated carbocycles. The molecule has 4 rings (SSSR count). The molecule has 0 unspecified atom stereocenters. The van der Waals surface area contributed by atoms with Gasteiger partial charge < -0.3 is 9.84 Å². The highest BCUT2D eigenvalue weighted by Gasteiger charge is 2.21. The molecule has 8 nitrogen and oxygen atoms in total. The number of hydrogen-bond donors (Lipinski definition) is 1. The fraction of sp³-hybridized carbons (Fsp3) is 0.429. The fourth-order valence-corrected chi connectivity index (χ4v) is 4.52. The van der Waals surface area contributed by atoms with E-state index in [0.29, 0.717) is 22.3 Å². The van der Waals surface area contributed by atoms with Crippen LogP contribution in [0.2, 0.25) is 5.02 Å². The molecule has 0 saturated heterocycles. The molecule has 0 amide bonds. The maximum Gasteiger partial charge on any atom is 0.303 e. The van der Waals surface area contributed by atoms with Crippen molar-refractivity contribution in [2.24, 2.45) is 0 Å². The molecule has 0 bridgehead atoms. The van der Waals surface area contributed by atoms with Gasteiger partial charge >= 0.3 is 5.97 Å².